The largest absolute Gasteiger partial charge is 0.506 e. The molecule has 0 aliphatic rings. The predicted molar refractivity (Wildman–Crippen MR) is 61.0 cm³/mol. The van der Waals surface area contributed by atoms with Gasteiger partial charge in [0.1, 0.15) is 5.75 Å². The highest BCUT2D eigenvalue weighted by molar-refractivity contribution is 6.32. The molecule has 4 heteroatoms. The molecular formula is C11H16ClNO2. The second-order valence-corrected chi connectivity index (χ2v) is 4.19. The van der Waals surface area contributed by atoms with E-state index in [1.807, 2.05) is 6.07 Å². The predicted octanol–water partition coefficient (Wildman–Crippen LogP) is 2.60. The zero-order valence-electron chi connectivity index (χ0n) is 8.96. The lowest BCUT2D eigenvalue weighted by Gasteiger charge is -2.11. The fraction of sp³-hybridized carbons (Fsp3) is 0.455. The maximum atomic E-state index is 9.70. The van der Waals surface area contributed by atoms with Crippen LogP contribution in [0.4, 0.5) is 0 Å². The van der Waals surface area contributed by atoms with Crippen molar-refractivity contribution in [2.75, 3.05) is 6.61 Å². The number of phenolic OH excluding ortho intramolecular Hbond substituents is 1. The van der Waals surface area contributed by atoms with Crippen molar-refractivity contribution in [3.05, 3.63) is 28.3 Å². The van der Waals surface area contributed by atoms with Gasteiger partial charge in [0.2, 0.25) is 0 Å². The summed E-state index contributed by atoms with van der Waals surface area (Å²) in [5.41, 5.74) is 1.88. The van der Waals surface area contributed by atoms with Gasteiger partial charge in [0.15, 0.2) is 0 Å². The minimum Gasteiger partial charge on any atom is -0.506 e. The van der Waals surface area contributed by atoms with Crippen LogP contribution in [0.3, 0.4) is 0 Å². The number of nitrogens with two attached hydrogens (primary N) is 1. The lowest BCUT2D eigenvalue weighted by atomic mass is 9.99. The van der Waals surface area contributed by atoms with Crippen molar-refractivity contribution in [1.82, 2.24) is 0 Å². The van der Waals surface area contributed by atoms with Gasteiger partial charge in [0, 0.05) is 6.42 Å². The number of rotatable bonds is 4. The third kappa shape index (κ3) is 3.09. The molecule has 0 heterocycles. The van der Waals surface area contributed by atoms with Gasteiger partial charge in [-0.2, -0.15) is 0 Å². The Morgan fingerprint density at radius 3 is 2.67 bits per heavy atom. The number of hydrogen-bond donors (Lipinski definition) is 2. The minimum atomic E-state index is 0.123. The van der Waals surface area contributed by atoms with Crippen molar-refractivity contribution < 1.29 is 9.94 Å². The highest BCUT2D eigenvalue weighted by Crippen LogP contribution is 2.31. The molecule has 0 aromatic heterocycles. The molecule has 15 heavy (non-hydrogen) atoms. The highest BCUT2D eigenvalue weighted by atomic mass is 35.5. The number of aromatic hydroxyl groups is 1. The van der Waals surface area contributed by atoms with Gasteiger partial charge in [-0.15, -0.1) is 0 Å². The van der Waals surface area contributed by atoms with Crippen LogP contribution in [0.5, 0.6) is 5.75 Å². The van der Waals surface area contributed by atoms with E-state index in [0.717, 1.165) is 11.1 Å². The smallest absolute Gasteiger partial charge is 0.137 e. The van der Waals surface area contributed by atoms with Gasteiger partial charge < -0.3 is 9.94 Å². The topological polar surface area (TPSA) is 55.5 Å². The molecule has 0 spiro atoms. The summed E-state index contributed by atoms with van der Waals surface area (Å²) in [5.74, 6) is 5.45. The molecule has 0 radical (unpaired) electrons. The van der Waals surface area contributed by atoms with Crippen molar-refractivity contribution >= 4 is 11.6 Å². The molecule has 3 N–H and O–H groups in total. The van der Waals surface area contributed by atoms with Crippen molar-refractivity contribution in [3.8, 4) is 5.75 Å². The Hall–Kier alpha value is -0.770. The summed E-state index contributed by atoms with van der Waals surface area (Å²) in [6.07, 6.45) is 0.558. The van der Waals surface area contributed by atoms with Gasteiger partial charge in [-0.05, 0) is 23.1 Å². The van der Waals surface area contributed by atoms with Gasteiger partial charge in [-0.3, -0.25) is 0 Å². The first-order valence-corrected chi connectivity index (χ1v) is 5.27. The maximum Gasteiger partial charge on any atom is 0.137 e. The van der Waals surface area contributed by atoms with E-state index >= 15 is 0 Å². The molecule has 0 aliphatic carbocycles. The fourth-order valence-corrected chi connectivity index (χ4v) is 1.62. The molecular weight excluding hydrogens is 214 g/mol. The molecule has 0 aliphatic heterocycles. The molecule has 0 saturated heterocycles. The van der Waals surface area contributed by atoms with Gasteiger partial charge >= 0.3 is 0 Å². The Bertz CT molecular complexity index is 340. The Morgan fingerprint density at radius 2 is 2.13 bits per heavy atom. The molecule has 0 bridgehead atoms. The van der Waals surface area contributed by atoms with Crippen LogP contribution in [-0.2, 0) is 11.3 Å². The second-order valence-electron chi connectivity index (χ2n) is 3.79. The van der Waals surface area contributed by atoms with E-state index in [4.69, 9.17) is 17.5 Å². The van der Waals surface area contributed by atoms with Crippen LogP contribution in [-0.4, -0.2) is 11.7 Å². The first-order chi connectivity index (χ1) is 7.06. The summed E-state index contributed by atoms with van der Waals surface area (Å²) in [7, 11) is 0. The molecule has 1 rings (SSSR count). The molecule has 3 nitrogen and oxygen atoms in total. The standard InChI is InChI=1S/C11H16ClNO2/c1-7(2)9-5-8(3-4-15-13)11(14)10(12)6-9/h5-7,14H,3-4,13H2,1-2H3. The minimum absolute atomic E-state index is 0.123. The molecule has 0 atom stereocenters. The van der Waals surface area contributed by atoms with Gasteiger partial charge in [-0.25, -0.2) is 5.90 Å². The van der Waals surface area contributed by atoms with Crippen LogP contribution in [0.15, 0.2) is 12.1 Å². The SMILES string of the molecule is CC(C)c1cc(Cl)c(O)c(CCON)c1. The van der Waals surface area contributed by atoms with Crippen LogP contribution >= 0.6 is 11.6 Å². The lowest BCUT2D eigenvalue weighted by Crippen LogP contribution is -2.04. The molecule has 0 unspecified atom stereocenters. The van der Waals surface area contributed by atoms with Gasteiger partial charge in [0.25, 0.3) is 0 Å². The third-order valence-corrected chi connectivity index (χ3v) is 2.61. The summed E-state index contributed by atoms with van der Waals surface area (Å²) in [5, 5.41) is 10.1. The van der Waals surface area contributed by atoms with Crippen LogP contribution in [0, 0.1) is 0 Å². The second kappa shape index (κ2) is 5.35. The fourth-order valence-electron chi connectivity index (χ4n) is 1.37. The quantitative estimate of drug-likeness (QED) is 0.781. The van der Waals surface area contributed by atoms with E-state index < -0.39 is 0 Å². The average Bonchev–Trinajstić information content (AvgIpc) is 2.19. The van der Waals surface area contributed by atoms with Crippen molar-refractivity contribution in [2.45, 2.75) is 26.2 Å². The maximum absolute atomic E-state index is 9.70. The van der Waals surface area contributed by atoms with Crippen molar-refractivity contribution in [3.63, 3.8) is 0 Å². The van der Waals surface area contributed by atoms with Crippen molar-refractivity contribution in [2.24, 2.45) is 5.90 Å². The summed E-state index contributed by atoms with van der Waals surface area (Å²) >= 11 is 5.92. The zero-order valence-corrected chi connectivity index (χ0v) is 9.71. The van der Waals surface area contributed by atoms with Gasteiger partial charge in [-0.1, -0.05) is 31.5 Å². The number of halogens is 1. The first-order valence-electron chi connectivity index (χ1n) is 4.89. The van der Waals surface area contributed by atoms with E-state index in [-0.39, 0.29) is 5.75 Å². The molecule has 0 fully saturated rings. The highest BCUT2D eigenvalue weighted by Gasteiger charge is 2.10. The monoisotopic (exact) mass is 229 g/mol. The Balaban J connectivity index is 3.02. The number of phenols is 1. The Kier molecular flexibility index (Phi) is 4.39. The van der Waals surface area contributed by atoms with E-state index in [9.17, 15) is 5.11 Å². The first kappa shape index (κ1) is 12.3. The number of benzene rings is 1. The van der Waals surface area contributed by atoms with Crippen LogP contribution in [0.1, 0.15) is 30.9 Å². The Labute approximate surface area is 94.8 Å². The molecule has 0 amide bonds. The van der Waals surface area contributed by atoms with Crippen LogP contribution in [0.2, 0.25) is 5.02 Å². The Morgan fingerprint density at radius 1 is 1.47 bits per heavy atom. The number of hydrogen-bond acceptors (Lipinski definition) is 3. The summed E-state index contributed by atoms with van der Waals surface area (Å²) in [6.45, 7) is 4.52. The normalized spacial score (nSPS) is 11.0. The summed E-state index contributed by atoms with van der Waals surface area (Å²) in [4.78, 5) is 4.49. The van der Waals surface area contributed by atoms with Gasteiger partial charge in [0.05, 0.1) is 11.6 Å². The molecule has 84 valence electrons. The van der Waals surface area contributed by atoms with E-state index in [2.05, 4.69) is 18.7 Å². The zero-order chi connectivity index (χ0) is 11.4. The van der Waals surface area contributed by atoms with E-state index in [1.54, 1.807) is 6.07 Å². The molecule has 0 saturated carbocycles. The van der Waals surface area contributed by atoms with E-state index in [1.165, 1.54) is 0 Å². The lowest BCUT2D eigenvalue weighted by molar-refractivity contribution is 0.140. The molecule has 1 aromatic rings. The van der Waals surface area contributed by atoms with Crippen molar-refractivity contribution in [1.29, 1.82) is 0 Å². The summed E-state index contributed by atoms with van der Waals surface area (Å²) in [6, 6.07) is 3.72. The summed E-state index contributed by atoms with van der Waals surface area (Å²) < 4.78 is 0. The molecule has 1 aromatic carbocycles. The van der Waals surface area contributed by atoms with Crippen LogP contribution < -0.4 is 5.90 Å². The van der Waals surface area contributed by atoms with Crippen LogP contribution in [0.25, 0.3) is 0 Å². The van der Waals surface area contributed by atoms with E-state index in [0.29, 0.717) is 24.0 Å². The third-order valence-electron chi connectivity index (χ3n) is 2.32. The average molecular weight is 230 g/mol.